The van der Waals surface area contributed by atoms with E-state index in [1.807, 2.05) is 6.92 Å². The maximum absolute atomic E-state index is 11.3. The third-order valence-corrected chi connectivity index (χ3v) is 2.61. The number of hydrogen-bond donors (Lipinski definition) is 1. The van der Waals surface area contributed by atoms with E-state index in [-0.39, 0.29) is 5.56 Å². The number of carbonyl (C=O) groups is 1. The molecule has 17 heavy (non-hydrogen) atoms. The second-order valence-corrected chi connectivity index (χ2v) is 3.70. The summed E-state index contributed by atoms with van der Waals surface area (Å²) in [6.45, 7) is 3.73. The first-order chi connectivity index (χ1) is 8.15. The number of pyridine rings is 1. The van der Waals surface area contributed by atoms with Gasteiger partial charge < -0.3 is 5.11 Å². The van der Waals surface area contributed by atoms with Gasteiger partial charge in [-0.25, -0.2) is 14.8 Å². The molecule has 0 unspecified atom stereocenters. The number of imidazole rings is 1. The average molecular weight is 231 g/mol. The monoisotopic (exact) mass is 231 g/mol. The highest BCUT2D eigenvalue weighted by atomic mass is 16.4. The number of carboxylic acids is 1. The highest BCUT2D eigenvalue weighted by Gasteiger charge is 2.17. The SMILES string of the molecule is CCc1nccn1-c1nccc(C)c1C(=O)O. The van der Waals surface area contributed by atoms with Gasteiger partial charge in [0.15, 0.2) is 5.82 Å². The third-order valence-electron chi connectivity index (χ3n) is 2.61. The first-order valence-electron chi connectivity index (χ1n) is 5.36. The lowest BCUT2D eigenvalue weighted by Crippen LogP contribution is -2.11. The second kappa shape index (κ2) is 4.37. The van der Waals surface area contributed by atoms with E-state index in [0.29, 0.717) is 11.4 Å². The summed E-state index contributed by atoms with van der Waals surface area (Å²) in [4.78, 5) is 19.6. The minimum Gasteiger partial charge on any atom is -0.478 e. The number of aryl methyl sites for hydroxylation is 2. The van der Waals surface area contributed by atoms with Gasteiger partial charge in [-0.1, -0.05) is 6.92 Å². The summed E-state index contributed by atoms with van der Waals surface area (Å²) in [5.41, 5.74) is 0.915. The topological polar surface area (TPSA) is 68.0 Å². The van der Waals surface area contributed by atoms with Crippen molar-refractivity contribution in [1.82, 2.24) is 14.5 Å². The molecule has 0 atom stereocenters. The number of aromatic carboxylic acids is 1. The molecule has 2 rings (SSSR count). The van der Waals surface area contributed by atoms with E-state index in [9.17, 15) is 9.90 Å². The molecule has 5 nitrogen and oxygen atoms in total. The van der Waals surface area contributed by atoms with Crippen molar-refractivity contribution in [2.24, 2.45) is 0 Å². The van der Waals surface area contributed by atoms with E-state index in [2.05, 4.69) is 9.97 Å². The molecule has 0 aromatic carbocycles. The summed E-state index contributed by atoms with van der Waals surface area (Å²) in [6.07, 6.45) is 5.71. The van der Waals surface area contributed by atoms with Crippen LogP contribution >= 0.6 is 0 Å². The van der Waals surface area contributed by atoms with Gasteiger partial charge in [-0.2, -0.15) is 0 Å². The predicted molar refractivity (Wildman–Crippen MR) is 62.4 cm³/mol. The summed E-state index contributed by atoms with van der Waals surface area (Å²) >= 11 is 0. The molecule has 0 bridgehead atoms. The summed E-state index contributed by atoms with van der Waals surface area (Å²) in [6, 6.07) is 1.69. The van der Waals surface area contributed by atoms with E-state index in [4.69, 9.17) is 0 Å². The molecule has 1 N–H and O–H groups in total. The molecule has 0 aliphatic carbocycles. The Labute approximate surface area is 98.8 Å². The molecule has 0 saturated heterocycles. The Bertz CT molecular complexity index is 561. The zero-order valence-electron chi connectivity index (χ0n) is 9.71. The second-order valence-electron chi connectivity index (χ2n) is 3.70. The van der Waals surface area contributed by atoms with E-state index >= 15 is 0 Å². The average Bonchev–Trinajstić information content (AvgIpc) is 2.75. The largest absolute Gasteiger partial charge is 0.478 e. The maximum atomic E-state index is 11.3. The summed E-state index contributed by atoms with van der Waals surface area (Å²) in [5, 5.41) is 9.24. The van der Waals surface area contributed by atoms with Gasteiger partial charge in [-0.05, 0) is 18.6 Å². The van der Waals surface area contributed by atoms with Crippen LogP contribution in [0, 0.1) is 6.92 Å². The summed E-state index contributed by atoms with van der Waals surface area (Å²) < 4.78 is 1.72. The van der Waals surface area contributed by atoms with Crippen molar-refractivity contribution in [3.8, 4) is 5.82 Å². The molecule has 0 aliphatic heterocycles. The molecule has 0 aliphatic rings. The lowest BCUT2D eigenvalue weighted by atomic mass is 10.1. The first kappa shape index (κ1) is 11.3. The zero-order chi connectivity index (χ0) is 12.4. The van der Waals surface area contributed by atoms with Gasteiger partial charge in [0.2, 0.25) is 0 Å². The Hall–Kier alpha value is -2.17. The van der Waals surface area contributed by atoms with Crippen LogP contribution in [0.1, 0.15) is 28.7 Å². The van der Waals surface area contributed by atoms with Crippen LogP contribution in [-0.4, -0.2) is 25.6 Å². The molecule has 5 heteroatoms. The molecule has 0 amide bonds. The van der Waals surface area contributed by atoms with Gasteiger partial charge >= 0.3 is 5.97 Å². The number of nitrogens with zero attached hydrogens (tertiary/aromatic N) is 3. The molecule has 2 aromatic rings. The number of aromatic nitrogens is 3. The Kier molecular flexibility index (Phi) is 2.91. The number of hydrogen-bond acceptors (Lipinski definition) is 3. The Morgan fingerprint density at radius 3 is 2.82 bits per heavy atom. The lowest BCUT2D eigenvalue weighted by Gasteiger charge is -2.10. The van der Waals surface area contributed by atoms with Crippen molar-refractivity contribution in [2.45, 2.75) is 20.3 Å². The van der Waals surface area contributed by atoms with Gasteiger partial charge in [-0.15, -0.1) is 0 Å². The quantitative estimate of drug-likeness (QED) is 0.875. The maximum Gasteiger partial charge on any atom is 0.339 e. The molecule has 2 aromatic heterocycles. The van der Waals surface area contributed by atoms with Crippen molar-refractivity contribution < 1.29 is 9.90 Å². The van der Waals surface area contributed by atoms with E-state index in [1.165, 1.54) is 0 Å². The van der Waals surface area contributed by atoms with Gasteiger partial charge in [0.25, 0.3) is 0 Å². The molecular weight excluding hydrogens is 218 g/mol. The predicted octanol–water partition coefficient (Wildman–Crippen LogP) is 1.84. The fourth-order valence-electron chi connectivity index (χ4n) is 1.78. The van der Waals surface area contributed by atoms with Gasteiger partial charge in [-0.3, -0.25) is 4.57 Å². The normalized spacial score (nSPS) is 10.5. The molecule has 0 fully saturated rings. The van der Waals surface area contributed by atoms with E-state index in [0.717, 1.165) is 12.2 Å². The molecule has 88 valence electrons. The Balaban J connectivity index is 2.67. The Morgan fingerprint density at radius 1 is 1.41 bits per heavy atom. The molecular formula is C12H13N3O2. The van der Waals surface area contributed by atoms with Crippen molar-refractivity contribution in [2.75, 3.05) is 0 Å². The Morgan fingerprint density at radius 2 is 2.18 bits per heavy atom. The molecule has 0 radical (unpaired) electrons. The fraction of sp³-hybridized carbons (Fsp3) is 0.250. The van der Waals surface area contributed by atoms with Gasteiger partial charge in [0, 0.05) is 25.0 Å². The van der Waals surface area contributed by atoms with Crippen LogP contribution in [-0.2, 0) is 6.42 Å². The van der Waals surface area contributed by atoms with Gasteiger partial charge in [0.1, 0.15) is 11.4 Å². The van der Waals surface area contributed by atoms with Crippen LogP contribution in [0.15, 0.2) is 24.7 Å². The smallest absolute Gasteiger partial charge is 0.339 e. The lowest BCUT2D eigenvalue weighted by molar-refractivity contribution is 0.0695. The van der Waals surface area contributed by atoms with E-state index in [1.54, 1.807) is 36.1 Å². The van der Waals surface area contributed by atoms with Crippen molar-refractivity contribution in [1.29, 1.82) is 0 Å². The molecule has 0 saturated carbocycles. The van der Waals surface area contributed by atoms with E-state index < -0.39 is 5.97 Å². The molecule has 0 spiro atoms. The van der Waals surface area contributed by atoms with Crippen LogP contribution in [0.25, 0.3) is 5.82 Å². The zero-order valence-corrected chi connectivity index (χ0v) is 9.71. The summed E-state index contributed by atoms with van der Waals surface area (Å²) in [5.74, 6) is 0.249. The fourth-order valence-corrected chi connectivity index (χ4v) is 1.78. The highest BCUT2D eigenvalue weighted by molar-refractivity contribution is 5.92. The van der Waals surface area contributed by atoms with Crippen LogP contribution in [0.5, 0.6) is 0 Å². The van der Waals surface area contributed by atoms with Crippen LogP contribution in [0.4, 0.5) is 0 Å². The van der Waals surface area contributed by atoms with Crippen LogP contribution in [0.3, 0.4) is 0 Å². The minimum absolute atomic E-state index is 0.222. The van der Waals surface area contributed by atoms with Crippen LogP contribution in [0.2, 0.25) is 0 Å². The van der Waals surface area contributed by atoms with Crippen molar-refractivity contribution >= 4 is 5.97 Å². The highest BCUT2D eigenvalue weighted by Crippen LogP contribution is 2.17. The number of rotatable bonds is 3. The number of carboxylic acid groups (broad SMARTS) is 1. The summed E-state index contributed by atoms with van der Waals surface area (Å²) in [7, 11) is 0. The van der Waals surface area contributed by atoms with Gasteiger partial charge in [0.05, 0.1) is 0 Å². The standard InChI is InChI=1S/C12H13N3O2/c1-3-9-13-6-7-15(9)11-10(12(16)17)8(2)4-5-14-11/h4-7H,3H2,1-2H3,(H,16,17). The molecule has 2 heterocycles. The minimum atomic E-state index is -0.971. The van der Waals surface area contributed by atoms with Crippen LogP contribution < -0.4 is 0 Å². The third kappa shape index (κ3) is 1.91. The van der Waals surface area contributed by atoms with Crippen molar-refractivity contribution in [3.63, 3.8) is 0 Å². The first-order valence-corrected chi connectivity index (χ1v) is 5.36. The van der Waals surface area contributed by atoms with Crippen molar-refractivity contribution in [3.05, 3.63) is 41.6 Å².